The van der Waals surface area contributed by atoms with E-state index in [1.165, 1.54) is 12.8 Å². The Hall–Kier alpha value is -3.28. The van der Waals surface area contributed by atoms with Crippen LogP contribution in [0.3, 0.4) is 0 Å². The van der Waals surface area contributed by atoms with Gasteiger partial charge in [-0.2, -0.15) is 0 Å². The lowest BCUT2D eigenvalue weighted by Gasteiger charge is -2.39. The Bertz CT molecular complexity index is 1400. The summed E-state index contributed by atoms with van der Waals surface area (Å²) in [6, 6.07) is 24.3. The van der Waals surface area contributed by atoms with Crippen LogP contribution in [0.15, 0.2) is 79.0 Å². The molecule has 3 atom stereocenters. The summed E-state index contributed by atoms with van der Waals surface area (Å²) in [5.74, 6) is 1.75. The van der Waals surface area contributed by atoms with Crippen molar-refractivity contribution in [3.05, 3.63) is 95.1 Å². The van der Waals surface area contributed by atoms with E-state index in [4.69, 9.17) is 21.1 Å². The summed E-state index contributed by atoms with van der Waals surface area (Å²) in [5.41, 5.74) is 2.42. The number of benzene rings is 3. The molecule has 6 heteroatoms. The molecule has 0 saturated carbocycles. The predicted molar refractivity (Wildman–Crippen MR) is 152 cm³/mol. The van der Waals surface area contributed by atoms with Crippen LogP contribution in [0.1, 0.15) is 48.0 Å². The van der Waals surface area contributed by atoms with Crippen molar-refractivity contribution in [2.24, 2.45) is 0 Å². The number of ketones is 1. The van der Waals surface area contributed by atoms with Crippen LogP contribution in [0.25, 0.3) is 10.9 Å². The van der Waals surface area contributed by atoms with Crippen molar-refractivity contribution in [1.82, 2.24) is 9.47 Å². The number of fused-ring (bicyclic) bond motifs is 3. The number of aryl methyl sites for hydroxylation is 1. The average molecular weight is 529 g/mol. The fourth-order valence-corrected chi connectivity index (χ4v) is 6.53. The van der Waals surface area contributed by atoms with Crippen molar-refractivity contribution < 1.29 is 14.3 Å². The molecule has 0 N–H and O–H groups in total. The van der Waals surface area contributed by atoms with Gasteiger partial charge in [0.05, 0.1) is 12.6 Å². The van der Waals surface area contributed by atoms with Gasteiger partial charge in [0.15, 0.2) is 5.78 Å². The van der Waals surface area contributed by atoms with E-state index in [1.54, 1.807) is 7.11 Å². The van der Waals surface area contributed by atoms with Crippen LogP contribution in [0.5, 0.6) is 11.5 Å². The molecule has 2 aliphatic rings. The van der Waals surface area contributed by atoms with Gasteiger partial charge in [-0.15, -0.1) is 0 Å². The number of nitrogens with zero attached hydrogens (tertiary/aromatic N) is 2. The van der Waals surface area contributed by atoms with Crippen LogP contribution in [0.2, 0.25) is 5.02 Å². The highest BCUT2D eigenvalue weighted by Gasteiger charge is 2.41. The highest BCUT2D eigenvalue weighted by molar-refractivity contribution is 6.30. The fourth-order valence-electron chi connectivity index (χ4n) is 6.41. The molecule has 3 heterocycles. The number of hydrogen-bond donors (Lipinski definition) is 0. The second-order valence-corrected chi connectivity index (χ2v) is 10.9. The zero-order chi connectivity index (χ0) is 26.1. The number of rotatable bonds is 9. The van der Waals surface area contributed by atoms with E-state index in [-0.39, 0.29) is 11.9 Å². The molecule has 4 aromatic rings. The summed E-state index contributed by atoms with van der Waals surface area (Å²) in [6.07, 6.45) is 7.89. The Balaban J connectivity index is 1.15. The quantitative estimate of drug-likeness (QED) is 0.219. The van der Waals surface area contributed by atoms with E-state index < -0.39 is 0 Å². The summed E-state index contributed by atoms with van der Waals surface area (Å²) in [6.45, 7) is 1.87. The maximum Gasteiger partial charge on any atom is 0.195 e. The molecule has 196 valence electrons. The third kappa shape index (κ3) is 4.93. The van der Waals surface area contributed by atoms with E-state index in [9.17, 15) is 4.79 Å². The van der Waals surface area contributed by atoms with Crippen LogP contribution in [-0.4, -0.2) is 47.1 Å². The lowest BCUT2D eigenvalue weighted by Crippen LogP contribution is -2.46. The van der Waals surface area contributed by atoms with Crippen LogP contribution in [0, 0.1) is 0 Å². The summed E-state index contributed by atoms with van der Waals surface area (Å²) < 4.78 is 14.2. The second-order valence-electron chi connectivity index (χ2n) is 10.4. The van der Waals surface area contributed by atoms with Gasteiger partial charge < -0.3 is 14.0 Å². The van der Waals surface area contributed by atoms with E-state index in [2.05, 4.69) is 9.47 Å². The lowest BCUT2D eigenvalue weighted by molar-refractivity contribution is 0.0482. The van der Waals surface area contributed by atoms with E-state index in [1.807, 2.05) is 79.0 Å². The zero-order valence-corrected chi connectivity index (χ0v) is 22.4. The molecular weight excluding hydrogens is 496 g/mol. The summed E-state index contributed by atoms with van der Waals surface area (Å²) >= 11 is 6.03. The summed E-state index contributed by atoms with van der Waals surface area (Å²) in [4.78, 5) is 16.1. The van der Waals surface area contributed by atoms with Gasteiger partial charge in [0.2, 0.25) is 0 Å². The molecule has 2 bridgehead atoms. The smallest absolute Gasteiger partial charge is 0.195 e. The molecule has 2 fully saturated rings. The minimum Gasteiger partial charge on any atom is -0.495 e. The number of halogens is 1. The van der Waals surface area contributed by atoms with Crippen molar-refractivity contribution in [2.75, 3.05) is 13.7 Å². The molecule has 6 rings (SSSR count). The molecule has 38 heavy (non-hydrogen) atoms. The lowest BCUT2D eigenvalue weighted by atomic mass is 9.99. The van der Waals surface area contributed by atoms with Gasteiger partial charge >= 0.3 is 0 Å². The molecule has 2 saturated heterocycles. The Kier molecular flexibility index (Phi) is 7.14. The largest absolute Gasteiger partial charge is 0.495 e. The maximum absolute atomic E-state index is 13.4. The number of carbonyl (C=O) groups is 1. The van der Waals surface area contributed by atoms with Gasteiger partial charge in [-0.1, -0.05) is 54.1 Å². The van der Waals surface area contributed by atoms with Crippen molar-refractivity contribution in [2.45, 2.75) is 56.8 Å². The Morgan fingerprint density at radius 1 is 0.921 bits per heavy atom. The van der Waals surface area contributed by atoms with Gasteiger partial charge in [0.1, 0.15) is 17.6 Å². The number of carbonyl (C=O) groups excluding carboxylic acids is 1. The van der Waals surface area contributed by atoms with Crippen molar-refractivity contribution in [3.8, 4) is 11.5 Å². The fraction of sp³-hybridized carbons (Fsp3) is 0.344. The number of methoxy groups -OCH3 is 1. The molecule has 2 aliphatic heterocycles. The number of aromatic nitrogens is 1. The van der Waals surface area contributed by atoms with E-state index in [0.717, 1.165) is 65.3 Å². The van der Waals surface area contributed by atoms with Crippen LogP contribution < -0.4 is 9.47 Å². The SMILES string of the molecule is COc1cccc2c(C(=O)c3ccccc3)cn(CCCN3C4CC[C@H]3CC(Oc3ccc(Cl)cc3)C4)c12. The Labute approximate surface area is 228 Å². The summed E-state index contributed by atoms with van der Waals surface area (Å²) in [5, 5.41) is 1.68. The van der Waals surface area contributed by atoms with Gasteiger partial charge in [-0.05, 0) is 62.4 Å². The van der Waals surface area contributed by atoms with E-state index >= 15 is 0 Å². The van der Waals surface area contributed by atoms with Crippen molar-refractivity contribution in [3.63, 3.8) is 0 Å². The number of para-hydroxylation sites is 1. The molecule has 5 nitrogen and oxygen atoms in total. The Morgan fingerprint density at radius 3 is 2.37 bits per heavy atom. The minimum absolute atomic E-state index is 0.0448. The molecule has 3 aromatic carbocycles. The third-order valence-electron chi connectivity index (χ3n) is 8.13. The number of ether oxygens (including phenoxy) is 2. The standard InChI is InChI=1S/C32H33ClN2O3/c1-37-30-10-5-9-28-29(32(36)22-7-3-2-4-8-22)21-34(31(28)30)17-6-18-35-24-13-14-25(35)20-27(19-24)38-26-15-11-23(33)12-16-26/h2-5,7-12,15-16,21,24-25,27H,6,13-14,17-20H2,1H3/t24-,25?,27?/m0/s1. The van der Waals surface area contributed by atoms with Crippen LogP contribution in [-0.2, 0) is 6.54 Å². The van der Waals surface area contributed by atoms with Gasteiger partial charge in [-0.3, -0.25) is 9.69 Å². The molecule has 2 unspecified atom stereocenters. The normalized spacial score (nSPS) is 21.1. The average Bonchev–Trinajstić information content (AvgIpc) is 3.43. The molecule has 0 spiro atoms. The van der Waals surface area contributed by atoms with Crippen molar-refractivity contribution >= 4 is 28.3 Å². The first-order valence-electron chi connectivity index (χ1n) is 13.5. The highest BCUT2D eigenvalue weighted by atomic mass is 35.5. The predicted octanol–water partition coefficient (Wildman–Crippen LogP) is 7.00. The first-order valence-corrected chi connectivity index (χ1v) is 13.9. The molecule has 1 aromatic heterocycles. The summed E-state index contributed by atoms with van der Waals surface area (Å²) in [7, 11) is 1.69. The van der Waals surface area contributed by atoms with Gasteiger partial charge in [0.25, 0.3) is 0 Å². The monoisotopic (exact) mass is 528 g/mol. The number of hydrogen-bond acceptors (Lipinski definition) is 4. The zero-order valence-electron chi connectivity index (χ0n) is 21.7. The Morgan fingerprint density at radius 2 is 1.66 bits per heavy atom. The highest BCUT2D eigenvalue weighted by Crippen LogP contribution is 2.38. The third-order valence-corrected chi connectivity index (χ3v) is 8.39. The van der Waals surface area contributed by atoms with Gasteiger partial charge in [0, 0.05) is 52.9 Å². The molecular formula is C32H33ClN2O3. The van der Waals surface area contributed by atoms with Gasteiger partial charge in [-0.25, -0.2) is 0 Å². The molecule has 0 aliphatic carbocycles. The van der Waals surface area contributed by atoms with Crippen LogP contribution in [0.4, 0.5) is 0 Å². The van der Waals surface area contributed by atoms with Crippen molar-refractivity contribution in [1.29, 1.82) is 0 Å². The topological polar surface area (TPSA) is 43.7 Å². The number of piperidine rings is 1. The maximum atomic E-state index is 13.4. The van der Waals surface area contributed by atoms with Crippen LogP contribution >= 0.6 is 11.6 Å². The first kappa shape index (κ1) is 25.0. The minimum atomic E-state index is 0.0448. The second kappa shape index (κ2) is 10.8. The molecule has 0 radical (unpaired) electrons. The molecule has 0 amide bonds. The first-order chi connectivity index (χ1) is 18.6. The van der Waals surface area contributed by atoms with E-state index in [0.29, 0.717) is 17.6 Å².